The minimum Gasteiger partial charge on any atom is -0.374 e. The number of nitrogens with one attached hydrogen (secondary N) is 2. The first kappa shape index (κ1) is 15.7. The maximum Gasteiger partial charge on any atom is 0.262 e. The van der Waals surface area contributed by atoms with E-state index in [0.717, 1.165) is 11.1 Å². The number of hydrogen-bond acceptors (Lipinski definition) is 4. The van der Waals surface area contributed by atoms with Crippen molar-refractivity contribution in [3.05, 3.63) is 72.6 Å². The molecule has 5 heteroatoms. The minimum atomic E-state index is -0.410. The Morgan fingerprint density at radius 1 is 1.08 bits per heavy atom. The molecule has 24 heavy (non-hydrogen) atoms. The molecule has 0 aliphatic rings. The van der Waals surface area contributed by atoms with Gasteiger partial charge in [-0.15, -0.1) is 0 Å². The number of pyridine rings is 1. The Morgan fingerprint density at radius 2 is 1.88 bits per heavy atom. The third-order valence-corrected chi connectivity index (χ3v) is 3.59. The highest BCUT2D eigenvalue weighted by Crippen LogP contribution is 2.19. The fourth-order valence-corrected chi connectivity index (χ4v) is 2.31. The molecule has 0 aliphatic heterocycles. The van der Waals surface area contributed by atoms with Crippen molar-refractivity contribution in [2.75, 3.05) is 5.32 Å². The average molecular weight is 318 g/mol. The maximum atomic E-state index is 12.1. The molecular weight excluding hydrogens is 300 g/mol. The number of rotatable bonds is 5. The molecule has 0 fully saturated rings. The van der Waals surface area contributed by atoms with Crippen molar-refractivity contribution < 1.29 is 4.79 Å². The van der Waals surface area contributed by atoms with Gasteiger partial charge in [-0.1, -0.05) is 36.4 Å². The zero-order chi connectivity index (χ0) is 16.8. The van der Waals surface area contributed by atoms with E-state index in [1.807, 2.05) is 54.6 Å². The molecule has 0 saturated heterocycles. The molecule has 3 aromatic rings. The van der Waals surface area contributed by atoms with Crippen molar-refractivity contribution in [2.24, 2.45) is 5.10 Å². The van der Waals surface area contributed by atoms with Crippen LogP contribution < -0.4 is 10.7 Å². The lowest BCUT2D eigenvalue weighted by molar-refractivity contribution is -0.121. The highest BCUT2D eigenvalue weighted by molar-refractivity contribution is 5.88. The largest absolute Gasteiger partial charge is 0.374 e. The van der Waals surface area contributed by atoms with E-state index < -0.39 is 6.04 Å². The molecule has 0 unspecified atom stereocenters. The van der Waals surface area contributed by atoms with Crippen molar-refractivity contribution >= 4 is 28.6 Å². The Kier molecular flexibility index (Phi) is 4.81. The summed E-state index contributed by atoms with van der Waals surface area (Å²) in [6.07, 6.45) is 3.19. The SMILES string of the molecule is C[C@H](Nc1ccc2ccccc2c1)C(=O)N/N=C\c1ccccn1. The summed E-state index contributed by atoms with van der Waals surface area (Å²) in [7, 11) is 0. The van der Waals surface area contributed by atoms with Crippen LogP contribution in [-0.4, -0.2) is 23.1 Å². The van der Waals surface area contributed by atoms with Crippen LogP contribution in [0.4, 0.5) is 5.69 Å². The van der Waals surface area contributed by atoms with Crippen molar-refractivity contribution in [2.45, 2.75) is 13.0 Å². The zero-order valence-electron chi connectivity index (χ0n) is 13.3. The van der Waals surface area contributed by atoms with E-state index in [0.29, 0.717) is 5.69 Å². The third-order valence-electron chi connectivity index (χ3n) is 3.59. The number of aromatic nitrogens is 1. The van der Waals surface area contributed by atoms with E-state index >= 15 is 0 Å². The van der Waals surface area contributed by atoms with Gasteiger partial charge in [0.05, 0.1) is 11.9 Å². The standard InChI is InChI=1S/C19H18N4O/c1-14(19(24)23-21-13-18-8-4-5-11-20-18)22-17-10-9-15-6-2-3-7-16(15)12-17/h2-14,22H,1H3,(H,23,24)/b21-13-/t14-/m0/s1. The van der Waals surface area contributed by atoms with Gasteiger partial charge in [0.25, 0.3) is 5.91 Å². The fraction of sp³-hybridized carbons (Fsp3) is 0.105. The number of carbonyl (C=O) groups is 1. The second-order valence-corrected chi connectivity index (χ2v) is 5.42. The van der Waals surface area contributed by atoms with Gasteiger partial charge in [0.1, 0.15) is 6.04 Å². The molecule has 3 rings (SSSR count). The van der Waals surface area contributed by atoms with E-state index in [1.54, 1.807) is 13.1 Å². The Balaban J connectivity index is 1.59. The van der Waals surface area contributed by atoms with Crippen molar-refractivity contribution in [3.8, 4) is 0 Å². The van der Waals surface area contributed by atoms with E-state index in [1.165, 1.54) is 11.6 Å². The molecular formula is C19H18N4O. The molecule has 120 valence electrons. The molecule has 1 aromatic heterocycles. The second-order valence-electron chi connectivity index (χ2n) is 5.42. The molecule has 1 atom stereocenters. The Labute approximate surface area is 140 Å². The molecule has 0 bridgehead atoms. The normalized spacial score (nSPS) is 12.2. The van der Waals surface area contributed by atoms with Gasteiger partial charge < -0.3 is 5.32 Å². The van der Waals surface area contributed by atoms with Crippen LogP contribution in [0.5, 0.6) is 0 Å². The number of anilines is 1. The average Bonchev–Trinajstić information content (AvgIpc) is 2.62. The Morgan fingerprint density at radius 3 is 2.67 bits per heavy atom. The van der Waals surface area contributed by atoms with Crippen LogP contribution in [0.25, 0.3) is 10.8 Å². The molecule has 1 amide bonds. The van der Waals surface area contributed by atoms with Gasteiger partial charge >= 0.3 is 0 Å². The van der Waals surface area contributed by atoms with Crippen LogP contribution in [0.2, 0.25) is 0 Å². The number of carbonyl (C=O) groups excluding carboxylic acids is 1. The van der Waals surface area contributed by atoms with Crippen LogP contribution in [-0.2, 0) is 4.79 Å². The second kappa shape index (κ2) is 7.37. The number of nitrogens with zero attached hydrogens (tertiary/aromatic N) is 2. The van der Waals surface area contributed by atoms with E-state index in [2.05, 4.69) is 26.9 Å². The Bertz CT molecular complexity index is 861. The lowest BCUT2D eigenvalue weighted by Gasteiger charge is -2.14. The summed E-state index contributed by atoms with van der Waals surface area (Å²) < 4.78 is 0. The molecule has 0 radical (unpaired) electrons. The van der Waals surface area contributed by atoms with Gasteiger partial charge in [0, 0.05) is 11.9 Å². The maximum absolute atomic E-state index is 12.1. The van der Waals surface area contributed by atoms with Gasteiger partial charge in [-0.25, -0.2) is 5.43 Å². The van der Waals surface area contributed by atoms with Crippen molar-refractivity contribution in [3.63, 3.8) is 0 Å². The summed E-state index contributed by atoms with van der Waals surface area (Å²) in [4.78, 5) is 16.2. The summed E-state index contributed by atoms with van der Waals surface area (Å²) in [5, 5.41) is 9.40. The zero-order valence-corrected chi connectivity index (χ0v) is 13.3. The summed E-state index contributed by atoms with van der Waals surface area (Å²) >= 11 is 0. The molecule has 5 nitrogen and oxygen atoms in total. The molecule has 1 heterocycles. The van der Waals surface area contributed by atoms with Crippen LogP contribution in [0.3, 0.4) is 0 Å². The van der Waals surface area contributed by atoms with Gasteiger partial charge in [0.15, 0.2) is 0 Å². The minimum absolute atomic E-state index is 0.213. The number of fused-ring (bicyclic) bond motifs is 1. The number of amides is 1. The lowest BCUT2D eigenvalue weighted by Crippen LogP contribution is -2.34. The van der Waals surface area contributed by atoms with E-state index in [9.17, 15) is 4.79 Å². The predicted octanol–water partition coefficient (Wildman–Crippen LogP) is 3.19. The first-order valence-corrected chi connectivity index (χ1v) is 7.72. The van der Waals surface area contributed by atoms with Crippen LogP contribution in [0, 0.1) is 0 Å². The Hall–Kier alpha value is -3.21. The van der Waals surface area contributed by atoms with E-state index in [-0.39, 0.29) is 5.91 Å². The van der Waals surface area contributed by atoms with Crippen LogP contribution >= 0.6 is 0 Å². The van der Waals surface area contributed by atoms with Gasteiger partial charge in [-0.05, 0) is 42.0 Å². The molecule has 0 aliphatic carbocycles. The molecule has 2 aromatic carbocycles. The quantitative estimate of drug-likeness (QED) is 0.561. The van der Waals surface area contributed by atoms with Crippen LogP contribution in [0.15, 0.2) is 72.0 Å². The van der Waals surface area contributed by atoms with Gasteiger partial charge in [0.2, 0.25) is 0 Å². The van der Waals surface area contributed by atoms with Crippen molar-refractivity contribution in [1.82, 2.24) is 10.4 Å². The predicted molar refractivity (Wildman–Crippen MR) is 97.0 cm³/mol. The smallest absolute Gasteiger partial charge is 0.262 e. The summed E-state index contributed by atoms with van der Waals surface area (Å²) in [5.41, 5.74) is 4.10. The highest BCUT2D eigenvalue weighted by Gasteiger charge is 2.11. The summed E-state index contributed by atoms with van der Waals surface area (Å²) in [6.45, 7) is 1.79. The van der Waals surface area contributed by atoms with Crippen LogP contribution in [0.1, 0.15) is 12.6 Å². The van der Waals surface area contributed by atoms with Gasteiger partial charge in [-0.3, -0.25) is 9.78 Å². The lowest BCUT2D eigenvalue weighted by atomic mass is 10.1. The number of hydrogen-bond donors (Lipinski definition) is 2. The fourth-order valence-electron chi connectivity index (χ4n) is 2.31. The number of hydrazone groups is 1. The monoisotopic (exact) mass is 318 g/mol. The molecule has 0 saturated carbocycles. The molecule has 2 N–H and O–H groups in total. The first-order chi connectivity index (χ1) is 11.7. The molecule has 0 spiro atoms. The summed E-state index contributed by atoms with van der Waals surface area (Å²) in [5.74, 6) is -0.213. The topological polar surface area (TPSA) is 66.4 Å². The highest BCUT2D eigenvalue weighted by atomic mass is 16.2. The summed E-state index contributed by atoms with van der Waals surface area (Å²) in [6, 6.07) is 19.2. The van der Waals surface area contributed by atoms with Gasteiger partial charge in [-0.2, -0.15) is 5.10 Å². The first-order valence-electron chi connectivity index (χ1n) is 7.72. The van der Waals surface area contributed by atoms with E-state index in [4.69, 9.17) is 0 Å². The number of benzene rings is 2. The third kappa shape index (κ3) is 3.95. The van der Waals surface area contributed by atoms with Crippen molar-refractivity contribution in [1.29, 1.82) is 0 Å².